The Hall–Kier alpha value is -7.22. The number of fused-ring (bicyclic) bond motifs is 6. The Bertz CT molecular complexity index is 3120. The van der Waals surface area contributed by atoms with Crippen molar-refractivity contribution < 1.29 is 0 Å². The molecule has 0 spiro atoms. The Morgan fingerprint density at radius 1 is 0.279 bits per heavy atom. The third-order valence-electron chi connectivity index (χ3n) is 13.5. The highest BCUT2D eigenvalue weighted by Crippen LogP contribution is 2.54. The number of benzene rings is 9. The lowest BCUT2D eigenvalue weighted by atomic mass is 9.82. The van der Waals surface area contributed by atoms with Crippen molar-refractivity contribution in [2.75, 3.05) is 4.90 Å². The molecular formula is C60H47N. The molecule has 1 nitrogen and oxygen atoms in total. The van der Waals surface area contributed by atoms with E-state index < -0.39 is 0 Å². The molecule has 0 atom stereocenters. The highest BCUT2D eigenvalue weighted by molar-refractivity contribution is 6.02. The van der Waals surface area contributed by atoms with Crippen molar-refractivity contribution in [3.05, 3.63) is 235 Å². The first-order valence-electron chi connectivity index (χ1n) is 21.5. The molecule has 0 bridgehead atoms. The van der Waals surface area contributed by atoms with Gasteiger partial charge in [0, 0.05) is 27.8 Å². The van der Waals surface area contributed by atoms with Gasteiger partial charge in [-0.2, -0.15) is 0 Å². The smallest absolute Gasteiger partial charge is 0.0546 e. The maximum Gasteiger partial charge on any atom is 0.0546 e. The van der Waals surface area contributed by atoms with Crippen molar-refractivity contribution >= 4 is 17.1 Å². The van der Waals surface area contributed by atoms with Crippen LogP contribution in [0, 0.1) is 0 Å². The molecule has 0 fully saturated rings. The van der Waals surface area contributed by atoms with Crippen LogP contribution in [0.3, 0.4) is 0 Å². The minimum absolute atomic E-state index is 0.0599. The van der Waals surface area contributed by atoms with Gasteiger partial charge in [0.15, 0.2) is 0 Å². The number of hydrogen-bond acceptors (Lipinski definition) is 1. The van der Waals surface area contributed by atoms with Crippen molar-refractivity contribution in [1.82, 2.24) is 0 Å². The standard InChI is InChI=1S/C60H47N/c1-59(2)52-29-15-13-24-48(52)51-39-44(37-38-54(51)59)61(43-35-33-42(34-36-43)46-27-17-31-55-57(46)50-26-14-16-30-53(50)60(55,3)4)56-32-18-28-47(41-21-9-6-10-22-41)58(56)49-25-12-11-23-45(49)40-19-7-5-8-20-40/h5-39H,1-4H3. The molecular weight excluding hydrogens is 735 g/mol. The molecule has 1 heteroatoms. The van der Waals surface area contributed by atoms with Gasteiger partial charge in [0.05, 0.1) is 5.69 Å². The minimum Gasteiger partial charge on any atom is -0.310 e. The third kappa shape index (κ3) is 5.83. The first-order valence-corrected chi connectivity index (χ1v) is 21.5. The van der Waals surface area contributed by atoms with E-state index in [-0.39, 0.29) is 10.8 Å². The number of nitrogens with zero attached hydrogens (tertiary/aromatic N) is 1. The van der Waals surface area contributed by atoms with Crippen LogP contribution in [0.4, 0.5) is 17.1 Å². The maximum absolute atomic E-state index is 2.50. The van der Waals surface area contributed by atoms with Gasteiger partial charge < -0.3 is 4.90 Å². The predicted molar refractivity (Wildman–Crippen MR) is 258 cm³/mol. The fourth-order valence-corrected chi connectivity index (χ4v) is 10.5. The average molecular weight is 782 g/mol. The van der Waals surface area contributed by atoms with E-state index in [1.54, 1.807) is 0 Å². The van der Waals surface area contributed by atoms with Gasteiger partial charge in [-0.05, 0) is 114 Å². The lowest BCUT2D eigenvalue weighted by Crippen LogP contribution is -2.15. The van der Waals surface area contributed by atoms with Gasteiger partial charge in [0.25, 0.3) is 0 Å². The van der Waals surface area contributed by atoms with Crippen molar-refractivity contribution in [2.45, 2.75) is 38.5 Å². The van der Waals surface area contributed by atoms with E-state index in [1.165, 1.54) is 89.0 Å². The second-order valence-corrected chi connectivity index (χ2v) is 17.7. The Kier molecular flexibility index (Phi) is 8.58. The first-order chi connectivity index (χ1) is 29.8. The molecule has 0 N–H and O–H groups in total. The molecule has 0 saturated carbocycles. The minimum atomic E-state index is -0.0902. The highest BCUT2D eigenvalue weighted by atomic mass is 15.1. The molecule has 61 heavy (non-hydrogen) atoms. The Balaban J connectivity index is 1.16. The van der Waals surface area contributed by atoms with Crippen LogP contribution in [0.5, 0.6) is 0 Å². The summed E-state index contributed by atoms with van der Waals surface area (Å²) >= 11 is 0. The molecule has 0 saturated heterocycles. The van der Waals surface area contributed by atoms with Gasteiger partial charge in [0.2, 0.25) is 0 Å². The normalized spacial score (nSPS) is 13.8. The first kappa shape index (κ1) is 36.8. The molecule has 11 rings (SSSR count). The van der Waals surface area contributed by atoms with E-state index in [0.717, 1.165) is 17.1 Å². The molecule has 9 aromatic rings. The fourth-order valence-electron chi connectivity index (χ4n) is 10.5. The number of rotatable bonds is 7. The summed E-state index contributed by atoms with van der Waals surface area (Å²) in [6, 6.07) is 78.6. The zero-order chi connectivity index (χ0) is 41.3. The van der Waals surface area contributed by atoms with Crippen molar-refractivity contribution in [3.63, 3.8) is 0 Å². The number of hydrogen-bond donors (Lipinski definition) is 0. The summed E-state index contributed by atoms with van der Waals surface area (Å²) in [4.78, 5) is 2.50. The Morgan fingerprint density at radius 3 is 1.41 bits per heavy atom. The summed E-state index contributed by atoms with van der Waals surface area (Å²) in [6.07, 6.45) is 0. The molecule has 0 unspecified atom stereocenters. The maximum atomic E-state index is 2.50. The Morgan fingerprint density at radius 2 is 0.721 bits per heavy atom. The van der Waals surface area contributed by atoms with E-state index in [1.807, 2.05) is 0 Å². The fraction of sp³-hybridized carbons (Fsp3) is 0.100. The third-order valence-corrected chi connectivity index (χ3v) is 13.5. The van der Waals surface area contributed by atoms with E-state index in [2.05, 4.69) is 245 Å². The van der Waals surface area contributed by atoms with Crippen LogP contribution >= 0.6 is 0 Å². The lowest BCUT2D eigenvalue weighted by molar-refractivity contribution is 0.660. The van der Waals surface area contributed by atoms with Crippen LogP contribution in [0.15, 0.2) is 212 Å². The average Bonchev–Trinajstić information content (AvgIpc) is 3.69. The molecule has 0 amide bonds. The molecule has 0 aromatic heterocycles. The summed E-state index contributed by atoms with van der Waals surface area (Å²) in [7, 11) is 0. The van der Waals surface area contributed by atoms with E-state index in [9.17, 15) is 0 Å². The predicted octanol–water partition coefficient (Wildman–Crippen LogP) is 16.4. The van der Waals surface area contributed by atoms with Crippen LogP contribution in [0.1, 0.15) is 49.9 Å². The van der Waals surface area contributed by atoms with Crippen LogP contribution in [-0.4, -0.2) is 0 Å². The quantitative estimate of drug-likeness (QED) is 0.156. The van der Waals surface area contributed by atoms with E-state index in [4.69, 9.17) is 0 Å². The summed E-state index contributed by atoms with van der Waals surface area (Å²) in [5.74, 6) is 0. The summed E-state index contributed by atoms with van der Waals surface area (Å²) < 4.78 is 0. The zero-order valence-corrected chi connectivity index (χ0v) is 35.2. The SMILES string of the molecule is CC1(C)c2ccccc2-c2cc(N(c3ccc(-c4cccc5c4-c4ccccc4C5(C)C)cc3)c3cccc(-c4ccccc4)c3-c3ccccc3-c3ccccc3)ccc21. The van der Waals surface area contributed by atoms with E-state index in [0.29, 0.717) is 0 Å². The molecule has 0 heterocycles. The second kappa shape index (κ2) is 14.2. The summed E-state index contributed by atoms with van der Waals surface area (Å²) in [6.45, 7) is 9.43. The van der Waals surface area contributed by atoms with Crippen LogP contribution in [0.25, 0.3) is 66.8 Å². The van der Waals surface area contributed by atoms with Gasteiger partial charge >= 0.3 is 0 Å². The molecule has 2 aliphatic rings. The Labute approximate surface area is 360 Å². The van der Waals surface area contributed by atoms with Gasteiger partial charge in [-0.15, -0.1) is 0 Å². The van der Waals surface area contributed by atoms with Crippen LogP contribution in [-0.2, 0) is 10.8 Å². The topological polar surface area (TPSA) is 3.24 Å². The zero-order valence-electron chi connectivity index (χ0n) is 35.2. The van der Waals surface area contributed by atoms with Gasteiger partial charge in [-0.3, -0.25) is 0 Å². The molecule has 0 radical (unpaired) electrons. The lowest BCUT2D eigenvalue weighted by Gasteiger charge is -2.31. The van der Waals surface area contributed by atoms with Gasteiger partial charge in [-0.1, -0.05) is 210 Å². The highest BCUT2D eigenvalue weighted by Gasteiger charge is 2.37. The van der Waals surface area contributed by atoms with Crippen molar-refractivity contribution in [3.8, 4) is 66.8 Å². The van der Waals surface area contributed by atoms with E-state index >= 15 is 0 Å². The largest absolute Gasteiger partial charge is 0.310 e. The van der Waals surface area contributed by atoms with Gasteiger partial charge in [0.1, 0.15) is 0 Å². The molecule has 0 aliphatic heterocycles. The molecule has 9 aromatic carbocycles. The van der Waals surface area contributed by atoms with Crippen LogP contribution in [0.2, 0.25) is 0 Å². The number of anilines is 3. The van der Waals surface area contributed by atoms with Crippen LogP contribution < -0.4 is 4.90 Å². The molecule has 292 valence electrons. The monoisotopic (exact) mass is 781 g/mol. The molecule has 2 aliphatic carbocycles. The second-order valence-electron chi connectivity index (χ2n) is 17.7. The summed E-state index contributed by atoms with van der Waals surface area (Å²) in [5, 5.41) is 0. The summed E-state index contributed by atoms with van der Waals surface area (Å²) in [5.41, 5.74) is 23.7. The van der Waals surface area contributed by atoms with Crippen molar-refractivity contribution in [2.24, 2.45) is 0 Å². The van der Waals surface area contributed by atoms with Gasteiger partial charge in [-0.25, -0.2) is 0 Å². The van der Waals surface area contributed by atoms with Crippen molar-refractivity contribution in [1.29, 1.82) is 0 Å².